The van der Waals surface area contributed by atoms with Crippen LogP contribution in [-0.4, -0.2) is 11.2 Å². The molecular weight excluding hydrogens is 112 g/mol. The van der Waals surface area contributed by atoms with E-state index in [9.17, 15) is 0 Å². The molecule has 0 saturated carbocycles. The lowest BCUT2D eigenvalue weighted by atomic mass is 9.92. The minimum atomic E-state index is -0.224. The average Bonchev–Trinajstić information content (AvgIpc) is 1.84. The molecule has 0 aliphatic heterocycles. The van der Waals surface area contributed by atoms with Crippen molar-refractivity contribution in [1.29, 1.82) is 0 Å². The molecule has 0 bridgehead atoms. The molecule has 9 heavy (non-hydrogen) atoms. The van der Waals surface area contributed by atoms with Crippen molar-refractivity contribution in [3.8, 4) is 0 Å². The van der Waals surface area contributed by atoms with Crippen LogP contribution in [0.1, 0.15) is 20.8 Å². The van der Waals surface area contributed by atoms with Gasteiger partial charge in [0.1, 0.15) is 0 Å². The summed E-state index contributed by atoms with van der Waals surface area (Å²) in [5, 5.41) is 9.07. The predicted octanol–water partition coefficient (Wildman–Crippen LogP) is 1.83. The average molecular weight is 128 g/mol. The number of hydrogen-bond donors (Lipinski definition) is 1. The highest BCUT2D eigenvalue weighted by molar-refractivity contribution is 4.81. The first-order valence-corrected chi connectivity index (χ1v) is 3.40. The monoisotopic (exact) mass is 128 g/mol. The molecule has 0 amide bonds. The van der Waals surface area contributed by atoms with E-state index in [0.717, 1.165) is 0 Å². The number of rotatable bonds is 3. The molecule has 1 N–H and O–H groups in total. The van der Waals surface area contributed by atoms with E-state index in [1.54, 1.807) is 0 Å². The second kappa shape index (κ2) is 3.67. The van der Waals surface area contributed by atoms with Crippen molar-refractivity contribution >= 4 is 0 Å². The van der Waals surface area contributed by atoms with Crippen LogP contribution >= 0.6 is 0 Å². The first-order valence-electron chi connectivity index (χ1n) is 3.40. The Hall–Kier alpha value is -0.300. The molecule has 0 aliphatic carbocycles. The summed E-state index contributed by atoms with van der Waals surface area (Å²) in [4.78, 5) is 0. The highest BCUT2D eigenvalue weighted by Crippen LogP contribution is 2.14. The van der Waals surface area contributed by atoms with Crippen LogP contribution in [0.15, 0.2) is 12.7 Å². The molecule has 1 heteroatoms. The molecule has 3 atom stereocenters. The zero-order valence-electron chi connectivity index (χ0n) is 6.46. The van der Waals surface area contributed by atoms with Crippen LogP contribution in [0.3, 0.4) is 0 Å². The molecule has 0 saturated heterocycles. The Balaban J connectivity index is 3.71. The van der Waals surface area contributed by atoms with Gasteiger partial charge in [0.25, 0.3) is 0 Å². The lowest BCUT2D eigenvalue weighted by Gasteiger charge is -2.18. The van der Waals surface area contributed by atoms with Gasteiger partial charge in [-0.05, 0) is 18.8 Å². The molecule has 0 rings (SSSR count). The van der Waals surface area contributed by atoms with Crippen molar-refractivity contribution < 1.29 is 5.11 Å². The molecule has 0 fully saturated rings. The molecule has 0 unspecified atom stereocenters. The molecule has 0 aromatic rings. The van der Waals surface area contributed by atoms with Crippen LogP contribution in [0, 0.1) is 11.8 Å². The van der Waals surface area contributed by atoms with E-state index < -0.39 is 0 Å². The fourth-order valence-electron chi connectivity index (χ4n) is 0.654. The predicted molar refractivity (Wildman–Crippen MR) is 40.2 cm³/mol. The maximum atomic E-state index is 9.07. The van der Waals surface area contributed by atoms with Crippen molar-refractivity contribution in [1.82, 2.24) is 0 Å². The molecule has 0 heterocycles. The Bertz CT molecular complexity index is 86.6. The summed E-state index contributed by atoms with van der Waals surface area (Å²) in [5.74, 6) is 0.729. The molecule has 0 aliphatic rings. The highest BCUT2D eigenvalue weighted by atomic mass is 16.3. The van der Waals surface area contributed by atoms with E-state index >= 15 is 0 Å². The number of aliphatic hydroxyl groups is 1. The van der Waals surface area contributed by atoms with Gasteiger partial charge in [-0.3, -0.25) is 0 Å². The Morgan fingerprint density at radius 1 is 1.33 bits per heavy atom. The van der Waals surface area contributed by atoms with E-state index in [0.29, 0.717) is 11.8 Å². The molecule has 0 radical (unpaired) electrons. The van der Waals surface area contributed by atoms with Crippen molar-refractivity contribution in [2.75, 3.05) is 0 Å². The zero-order chi connectivity index (χ0) is 7.44. The summed E-state index contributed by atoms with van der Waals surface area (Å²) in [7, 11) is 0. The third-order valence-corrected chi connectivity index (χ3v) is 1.96. The van der Waals surface area contributed by atoms with Gasteiger partial charge in [0.15, 0.2) is 0 Å². The Labute approximate surface area is 57.4 Å². The minimum absolute atomic E-state index is 0.224. The summed E-state index contributed by atoms with van der Waals surface area (Å²) in [5.41, 5.74) is 0. The summed E-state index contributed by atoms with van der Waals surface area (Å²) < 4.78 is 0. The standard InChI is InChI=1S/C8H16O/c1-5-6(2)7(3)8(4)9/h5-9H,1H2,2-4H3/t6-,7+,8+/m1/s1. The summed E-state index contributed by atoms with van der Waals surface area (Å²) >= 11 is 0. The highest BCUT2D eigenvalue weighted by Gasteiger charge is 2.13. The summed E-state index contributed by atoms with van der Waals surface area (Å²) in [6.07, 6.45) is 1.65. The number of aliphatic hydroxyl groups excluding tert-OH is 1. The van der Waals surface area contributed by atoms with Crippen LogP contribution in [0.2, 0.25) is 0 Å². The first-order chi connectivity index (χ1) is 4.09. The lowest BCUT2D eigenvalue weighted by molar-refractivity contribution is 0.116. The third-order valence-electron chi connectivity index (χ3n) is 1.96. The van der Waals surface area contributed by atoms with Gasteiger partial charge in [-0.25, -0.2) is 0 Å². The van der Waals surface area contributed by atoms with Crippen LogP contribution in [-0.2, 0) is 0 Å². The SMILES string of the molecule is C=C[C@@H](C)[C@H](C)[C@H](C)O. The Morgan fingerprint density at radius 2 is 1.78 bits per heavy atom. The Morgan fingerprint density at radius 3 is 1.89 bits per heavy atom. The third kappa shape index (κ3) is 2.66. The smallest absolute Gasteiger partial charge is 0.0543 e. The normalized spacial score (nSPS) is 20.4. The van der Waals surface area contributed by atoms with Crippen molar-refractivity contribution in [3.05, 3.63) is 12.7 Å². The lowest BCUT2D eigenvalue weighted by Crippen LogP contribution is -2.18. The molecule has 0 aromatic carbocycles. The maximum absolute atomic E-state index is 9.07. The van der Waals surface area contributed by atoms with Crippen molar-refractivity contribution in [2.24, 2.45) is 11.8 Å². The van der Waals surface area contributed by atoms with Gasteiger partial charge in [-0.1, -0.05) is 19.9 Å². The fourth-order valence-corrected chi connectivity index (χ4v) is 0.654. The van der Waals surface area contributed by atoms with Gasteiger partial charge in [-0.15, -0.1) is 6.58 Å². The number of hydrogen-bond acceptors (Lipinski definition) is 1. The summed E-state index contributed by atoms with van der Waals surface area (Å²) in [6, 6.07) is 0. The zero-order valence-corrected chi connectivity index (χ0v) is 6.46. The van der Waals surface area contributed by atoms with Gasteiger partial charge in [0.2, 0.25) is 0 Å². The quantitative estimate of drug-likeness (QED) is 0.575. The minimum Gasteiger partial charge on any atom is -0.393 e. The second-order valence-corrected chi connectivity index (χ2v) is 2.69. The second-order valence-electron chi connectivity index (χ2n) is 2.69. The van der Waals surface area contributed by atoms with E-state index in [2.05, 4.69) is 13.5 Å². The maximum Gasteiger partial charge on any atom is 0.0543 e. The van der Waals surface area contributed by atoms with E-state index in [1.807, 2.05) is 19.9 Å². The van der Waals surface area contributed by atoms with E-state index in [-0.39, 0.29) is 6.10 Å². The van der Waals surface area contributed by atoms with Crippen LogP contribution in [0.5, 0.6) is 0 Å². The van der Waals surface area contributed by atoms with Crippen LogP contribution < -0.4 is 0 Å². The largest absolute Gasteiger partial charge is 0.393 e. The molecule has 1 nitrogen and oxygen atoms in total. The molecule has 0 spiro atoms. The van der Waals surface area contributed by atoms with Crippen LogP contribution in [0.25, 0.3) is 0 Å². The topological polar surface area (TPSA) is 20.2 Å². The van der Waals surface area contributed by atoms with E-state index in [4.69, 9.17) is 5.11 Å². The van der Waals surface area contributed by atoms with Crippen molar-refractivity contribution in [2.45, 2.75) is 26.9 Å². The van der Waals surface area contributed by atoms with Gasteiger partial charge in [0.05, 0.1) is 6.10 Å². The summed E-state index contributed by atoms with van der Waals surface area (Å²) in [6.45, 7) is 9.55. The van der Waals surface area contributed by atoms with Gasteiger partial charge in [0, 0.05) is 0 Å². The molecule has 54 valence electrons. The van der Waals surface area contributed by atoms with Gasteiger partial charge >= 0.3 is 0 Å². The van der Waals surface area contributed by atoms with E-state index in [1.165, 1.54) is 0 Å². The van der Waals surface area contributed by atoms with Gasteiger partial charge in [-0.2, -0.15) is 0 Å². The Kier molecular flexibility index (Phi) is 3.55. The van der Waals surface area contributed by atoms with Gasteiger partial charge < -0.3 is 5.11 Å². The number of allylic oxidation sites excluding steroid dienone is 1. The van der Waals surface area contributed by atoms with Crippen molar-refractivity contribution in [3.63, 3.8) is 0 Å². The fraction of sp³-hybridized carbons (Fsp3) is 0.750. The molecular formula is C8H16O. The first kappa shape index (κ1) is 8.70. The van der Waals surface area contributed by atoms with Crippen LogP contribution in [0.4, 0.5) is 0 Å². The molecule has 0 aromatic heterocycles.